The third kappa shape index (κ3) is 4.58. The van der Waals surface area contributed by atoms with Gasteiger partial charge in [-0.15, -0.1) is 0 Å². The van der Waals surface area contributed by atoms with Crippen molar-refractivity contribution in [1.29, 1.82) is 0 Å². The highest BCUT2D eigenvalue weighted by Gasteiger charge is 2.30. The minimum absolute atomic E-state index is 0.0592. The van der Waals surface area contributed by atoms with E-state index in [4.69, 9.17) is 4.52 Å². The highest BCUT2D eigenvalue weighted by atomic mass is 16.5. The van der Waals surface area contributed by atoms with Crippen molar-refractivity contribution in [1.82, 2.24) is 24.7 Å². The van der Waals surface area contributed by atoms with Crippen molar-refractivity contribution >= 4 is 5.91 Å². The van der Waals surface area contributed by atoms with Crippen molar-refractivity contribution in [3.8, 4) is 0 Å². The van der Waals surface area contributed by atoms with Crippen LogP contribution in [-0.2, 0) is 12.0 Å². The number of amides is 1. The fourth-order valence-corrected chi connectivity index (χ4v) is 3.53. The number of hydrogen-bond donors (Lipinski definition) is 0. The average Bonchev–Trinajstić information content (AvgIpc) is 3.43. The number of aromatic nitrogens is 3. The van der Waals surface area contributed by atoms with Crippen molar-refractivity contribution in [2.45, 2.75) is 51.5 Å². The van der Waals surface area contributed by atoms with Crippen molar-refractivity contribution in [3.05, 3.63) is 45.7 Å². The molecule has 0 unspecified atom stereocenters. The summed E-state index contributed by atoms with van der Waals surface area (Å²) in [7, 11) is 0. The predicted molar refractivity (Wildman–Crippen MR) is 108 cm³/mol. The molecule has 0 bridgehead atoms. The minimum Gasteiger partial charge on any atom is -0.360 e. The van der Waals surface area contributed by atoms with Crippen LogP contribution in [-0.4, -0.2) is 63.4 Å². The molecule has 0 N–H and O–H groups in total. The van der Waals surface area contributed by atoms with Gasteiger partial charge in [0.15, 0.2) is 5.69 Å². The largest absolute Gasteiger partial charge is 0.360 e. The first-order valence-electron chi connectivity index (χ1n) is 10.4. The quantitative estimate of drug-likeness (QED) is 0.763. The maximum Gasteiger partial charge on any atom is 0.276 e. The molecule has 1 saturated carbocycles. The lowest BCUT2D eigenvalue weighted by Crippen LogP contribution is -2.49. The Bertz CT molecular complexity index is 930. The first-order valence-corrected chi connectivity index (χ1v) is 10.4. The van der Waals surface area contributed by atoms with Crippen molar-refractivity contribution < 1.29 is 9.32 Å². The van der Waals surface area contributed by atoms with Gasteiger partial charge in [-0.2, -0.15) is 5.10 Å². The lowest BCUT2D eigenvalue weighted by Gasteiger charge is -2.34. The molecule has 0 aromatic carbocycles. The third-order valence-corrected chi connectivity index (χ3v) is 5.65. The normalized spacial score (nSPS) is 18.2. The lowest BCUT2D eigenvalue weighted by molar-refractivity contribution is 0.0621. The Kier molecular flexibility index (Phi) is 5.29. The first-order chi connectivity index (χ1) is 13.8. The number of carbonyl (C=O) groups is 1. The zero-order valence-electron chi connectivity index (χ0n) is 17.4. The van der Waals surface area contributed by atoms with Gasteiger partial charge in [0.2, 0.25) is 0 Å². The second-order valence-corrected chi connectivity index (χ2v) is 9.05. The average molecular weight is 399 g/mol. The van der Waals surface area contributed by atoms with Gasteiger partial charge in [-0.1, -0.05) is 25.9 Å². The molecule has 0 atom stereocenters. The van der Waals surface area contributed by atoms with Gasteiger partial charge in [-0.25, -0.2) is 4.68 Å². The number of piperazine rings is 1. The highest BCUT2D eigenvalue weighted by molar-refractivity contribution is 5.92. The molecule has 0 radical (unpaired) electrons. The predicted octanol–water partition coefficient (Wildman–Crippen LogP) is 1.86. The SMILES string of the molecule is CC(C)(C)c1ccc(=O)n(CCN2CCN(C(=O)c3cc(C4CC4)on3)CC2)n1. The van der Waals surface area contributed by atoms with E-state index in [1.165, 1.54) is 0 Å². The van der Waals surface area contributed by atoms with Crippen LogP contribution in [0.4, 0.5) is 0 Å². The Morgan fingerprint density at radius 1 is 1.14 bits per heavy atom. The van der Waals surface area contributed by atoms with Gasteiger partial charge in [-0.05, 0) is 18.9 Å². The summed E-state index contributed by atoms with van der Waals surface area (Å²) in [6.07, 6.45) is 2.25. The van der Waals surface area contributed by atoms with Crippen LogP contribution in [0.15, 0.2) is 27.5 Å². The molecule has 2 aromatic heterocycles. The second kappa shape index (κ2) is 7.74. The number of carbonyl (C=O) groups excluding carboxylic acids is 1. The van der Waals surface area contributed by atoms with Crippen LogP contribution >= 0.6 is 0 Å². The van der Waals surface area contributed by atoms with E-state index in [0.29, 0.717) is 31.2 Å². The summed E-state index contributed by atoms with van der Waals surface area (Å²) in [6.45, 7) is 10.4. The van der Waals surface area contributed by atoms with E-state index in [0.717, 1.165) is 43.9 Å². The van der Waals surface area contributed by atoms with E-state index < -0.39 is 0 Å². The summed E-state index contributed by atoms with van der Waals surface area (Å²) >= 11 is 0. The Balaban J connectivity index is 1.30. The summed E-state index contributed by atoms with van der Waals surface area (Å²) in [5, 5.41) is 8.49. The molecule has 3 heterocycles. The smallest absolute Gasteiger partial charge is 0.276 e. The molecule has 1 aliphatic heterocycles. The Hall–Kier alpha value is -2.48. The van der Waals surface area contributed by atoms with Crippen LogP contribution in [0.1, 0.15) is 61.5 Å². The summed E-state index contributed by atoms with van der Waals surface area (Å²) < 4.78 is 6.86. The maximum absolute atomic E-state index is 12.6. The van der Waals surface area contributed by atoms with E-state index in [9.17, 15) is 9.59 Å². The van der Waals surface area contributed by atoms with Gasteiger partial charge < -0.3 is 9.42 Å². The molecular weight excluding hydrogens is 370 g/mol. The monoisotopic (exact) mass is 399 g/mol. The summed E-state index contributed by atoms with van der Waals surface area (Å²) in [5.74, 6) is 1.23. The third-order valence-electron chi connectivity index (χ3n) is 5.65. The van der Waals surface area contributed by atoms with Gasteiger partial charge in [0.05, 0.1) is 12.2 Å². The van der Waals surface area contributed by atoms with E-state index >= 15 is 0 Å². The molecule has 2 aliphatic rings. The van der Waals surface area contributed by atoms with Crippen LogP contribution in [0.2, 0.25) is 0 Å². The zero-order valence-corrected chi connectivity index (χ0v) is 17.4. The number of rotatable bonds is 5. The van der Waals surface area contributed by atoms with Gasteiger partial charge >= 0.3 is 0 Å². The van der Waals surface area contributed by atoms with Crippen molar-refractivity contribution in [2.75, 3.05) is 32.7 Å². The first kappa shape index (κ1) is 19.8. The maximum atomic E-state index is 12.6. The van der Waals surface area contributed by atoms with Gasteiger partial charge in [-0.3, -0.25) is 14.5 Å². The van der Waals surface area contributed by atoms with E-state index in [2.05, 4.69) is 35.9 Å². The Morgan fingerprint density at radius 2 is 1.86 bits per heavy atom. The van der Waals surface area contributed by atoms with Crippen LogP contribution < -0.4 is 5.56 Å². The lowest BCUT2D eigenvalue weighted by atomic mass is 9.92. The van der Waals surface area contributed by atoms with Gasteiger partial charge in [0.25, 0.3) is 11.5 Å². The van der Waals surface area contributed by atoms with E-state index in [1.54, 1.807) is 16.8 Å². The molecule has 156 valence electrons. The molecule has 8 heteroatoms. The molecule has 1 amide bonds. The van der Waals surface area contributed by atoms with E-state index in [-0.39, 0.29) is 16.9 Å². The fourth-order valence-electron chi connectivity index (χ4n) is 3.53. The topological polar surface area (TPSA) is 84.5 Å². The molecule has 0 spiro atoms. The molecule has 29 heavy (non-hydrogen) atoms. The van der Waals surface area contributed by atoms with Crippen molar-refractivity contribution in [2.24, 2.45) is 0 Å². The molecule has 1 aliphatic carbocycles. The van der Waals surface area contributed by atoms with Crippen LogP contribution in [0.25, 0.3) is 0 Å². The molecule has 2 aromatic rings. The van der Waals surface area contributed by atoms with Crippen LogP contribution in [0.3, 0.4) is 0 Å². The molecule has 4 rings (SSSR count). The molecule has 1 saturated heterocycles. The molecule has 2 fully saturated rings. The molecular formula is C21H29N5O3. The van der Waals surface area contributed by atoms with E-state index in [1.807, 2.05) is 11.0 Å². The van der Waals surface area contributed by atoms with Crippen LogP contribution in [0, 0.1) is 0 Å². The summed E-state index contributed by atoms with van der Waals surface area (Å²) in [6, 6.07) is 5.20. The summed E-state index contributed by atoms with van der Waals surface area (Å²) in [5.41, 5.74) is 1.15. The standard InChI is InChI=1S/C21H29N5O3/c1-21(2,3)18-6-7-19(27)26(22-18)13-10-24-8-11-25(12-9-24)20(28)16-14-17(29-23-16)15-4-5-15/h6-7,14-15H,4-5,8-13H2,1-3H3. The minimum atomic E-state index is -0.0953. The highest BCUT2D eigenvalue weighted by Crippen LogP contribution is 2.40. The molecule has 8 nitrogen and oxygen atoms in total. The number of hydrogen-bond acceptors (Lipinski definition) is 6. The number of nitrogens with zero attached hydrogens (tertiary/aromatic N) is 5. The van der Waals surface area contributed by atoms with Crippen molar-refractivity contribution in [3.63, 3.8) is 0 Å². The van der Waals surface area contributed by atoms with Crippen LogP contribution in [0.5, 0.6) is 0 Å². The van der Waals surface area contributed by atoms with Gasteiger partial charge in [0.1, 0.15) is 5.76 Å². The summed E-state index contributed by atoms with van der Waals surface area (Å²) in [4.78, 5) is 28.9. The fraction of sp³-hybridized carbons (Fsp3) is 0.619. The second-order valence-electron chi connectivity index (χ2n) is 9.05. The Morgan fingerprint density at radius 3 is 2.52 bits per heavy atom. The van der Waals surface area contributed by atoms with Gasteiger partial charge in [0, 0.05) is 56.2 Å². The zero-order chi connectivity index (χ0) is 20.6. The Labute approximate surface area is 170 Å².